The van der Waals surface area contributed by atoms with Crippen LogP contribution in [0.25, 0.3) is 0 Å². The average Bonchev–Trinajstić information content (AvgIpc) is 2.42. The molecule has 0 aliphatic carbocycles. The molecular formula is C13H23N3O2. The molecule has 0 saturated heterocycles. The number of likely N-dealkylation sites (N-methyl/N-ethyl adjacent to an activating group) is 1. The van der Waals surface area contributed by atoms with Gasteiger partial charge in [-0.3, -0.25) is 0 Å². The third-order valence-electron chi connectivity index (χ3n) is 2.93. The summed E-state index contributed by atoms with van der Waals surface area (Å²) in [5.41, 5.74) is 1.12. The van der Waals surface area contributed by atoms with E-state index in [1.807, 2.05) is 31.0 Å². The summed E-state index contributed by atoms with van der Waals surface area (Å²) in [5.74, 6) is 0.906. The minimum atomic E-state index is 0.0534. The summed E-state index contributed by atoms with van der Waals surface area (Å²) in [6.07, 6.45) is 1.77. The van der Waals surface area contributed by atoms with Crippen molar-refractivity contribution in [1.82, 2.24) is 10.3 Å². The van der Waals surface area contributed by atoms with Crippen LogP contribution in [0, 0.1) is 0 Å². The van der Waals surface area contributed by atoms with Gasteiger partial charge in [0.1, 0.15) is 5.82 Å². The lowest BCUT2D eigenvalue weighted by molar-refractivity contribution is 0.199. The summed E-state index contributed by atoms with van der Waals surface area (Å²) in [5, 5.41) is 12.5. The molecule has 0 fully saturated rings. The van der Waals surface area contributed by atoms with Gasteiger partial charge in [-0.2, -0.15) is 0 Å². The smallest absolute Gasteiger partial charge is 0.133 e. The van der Waals surface area contributed by atoms with Crippen LogP contribution < -0.4 is 10.2 Å². The molecule has 0 aromatic carbocycles. The Bertz CT molecular complexity index is 347. The Morgan fingerprint density at radius 1 is 1.56 bits per heavy atom. The van der Waals surface area contributed by atoms with E-state index in [-0.39, 0.29) is 12.6 Å². The second-order valence-corrected chi connectivity index (χ2v) is 4.30. The van der Waals surface area contributed by atoms with E-state index >= 15 is 0 Å². The highest BCUT2D eigenvalue weighted by Crippen LogP contribution is 2.17. The van der Waals surface area contributed by atoms with Crippen molar-refractivity contribution in [2.45, 2.75) is 19.5 Å². The zero-order valence-corrected chi connectivity index (χ0v) is 11.4. The summed E-state index contributed by atoms with van der Waals surface area (Å²) in [6, 6.07) is 4.02. The standard InChI is InChI=1S/C13H23N3O2/c1-11(10-17)16(2)13-12(5-4-6-15-13)9-14-7-8-18-3/h4-6,11,14,17H,7-10H2,1-3H3. The molecule has 1 heterocycles. The molecule has 1 aromatic rings. The number of aromatic nitrogens is 1. The van der Waals surface area contributed by atoms with Crippen LogP contribution in [0.4, 0.5) is 5.82 Å². The third kappa shape index (κ3) is 4.25. The summed E-state index contributed by atoms with van der Waals surface area (Å²) < 4.78 is 4.99. The number of hydrogen-bond acceptors (Lipinski definition) is 5. The molecule has 1 unspecified atom stereocenters. The molecule has 0 radical (unpaired) electrons. The SMILES string of the molecule is COCCNCc1cccnc1N(C)C(C)CO. The van der Waals surface area contributed by atoms with Crippen molar-refractivity contribution in [3.8, 4) is 0 Å². The molecule has 102 valence electrons. The van der Waals surface area contributed by atoms with Crippen molar-refractivity contribution >= 4 is 5.82 Å². The summed E-state index contributed by atoms with van der Waals surface area (Å²) >= 11 is 0. The van der Waals surface area contributed by atoms with Gasteiger partial charge in [-0.25, -0.2) is 4.98 Å². The fraction of sp³-hybridized carbons (Fsp3) is 0.615. The van der Waals surface area contributed by atoms with Gasteiger partial charge >= 0.3 is 0 Å². The van der Waals surface area contributed by atoms with Gasteiger partial charge in [0.05, 0.1) is 19.3 Å². The van der Waals surface area contributed by atoms with Crippen molar-refractivity contribution in [3.05, 3.63) is 23.9 Å². The zero-order valence-electron chi connectivity index (χ0n) is 11.4. The number of aliphatic hydroxyl groups excluding tert-OH is 1. The Morgan fingerprint density at radius 2 is 2.33 bits per heavy atom. The molecule has 5 nitrogen and oxygen atoms in total. The third-order valence-corrected chi connectivity index (χ3v) is 2.93. The summed E-state index contributed by atoms with van der Waals surface area (Å²) in [4.78, 5) is 6.38. The van der Waals surface area contributed by atoms with Crippen LogP contribution in [0.1, 0.15) is 12.5 Å². The van der Waals surface area contributed by atoms with Gasteiger partial charge < -0.3 is 20.1 Å². The minimum Gasteiger partial charge on any atom is -0.394 e. The minimum absolute atomic E-state index is 0.0534. The molecular weight excluding hydrogens is 230 g/mol. The van der Waals surface area contributed by atoms with E-state index in [0.717, 1.165) is 24.5 Å². The molecule has 1 rings (SSSR count). The number of rotatable bonds is 8. The number of aliphatic hydroxyl groups is 1. The second kappa shape index (κ2) is 8.02. The van der Waals surface area contributed by atoms with E-state index in [1.54, 1.807) is 13.3 Å². The monoisotopic (exact) mass is 253 g/mol. The Hall–Kier alpha value is -1.17. The van der Waals surface area contributed by atoms with Crippen molar-refractivity contribution < 1.29 is 9.84 Å². The first kappa shape index (κ1) is 14.9. The number of nitrogens with one attached hydrogen (secondary N) is 1. The van der Waals surface area contributed by atoms with Gasteiger partial charge in [0.2, 0.25) is 0 Å². The highest BCUT2D eigenvalue weighted by molar-refractivity contribution is 5.46. The lowest BCUT2D eigenvalue weighted by Gasteiger charge is -2.26. The van der Waals surface area contributed by atoms with Crippen molar-refractivity contribution in [3.63, 3.8) is 0 Å². The average molecular weight is 253 g/mol. The van der Waals surface area contributed by atoms with Crippen molar-refractivity contribution in [2.24, 2.45) is 0 Å². The maximum atomic E-state index is 9.20. The van der Waals surface area contributed by atoms with Crippen LogP contribution >= 0.6 is 0 Å². The van der Waals surface area contributed by atoms with Crippen LogP contribution in [-0.4, -0.2) is 50.0 Å². The van der Waals surface area contributed by atoms with Crippen LogP contribution in [0.2, 0.25) is 0 Å². The molecule has 0 aliphatic rings. The van der Waals surface area contributed by atoms with E-state index in [0.29, 0.717) is 6.61 Å². The van der Waals surface area contributed by atoms with Crippen molar-refractivity contribution in [1.29, 1.82) is 0 Å². The predicted molar refractivity (Wildman–Crippen MR) is 72.8 cm³/mol. The fourth-order valence-corrected chi connectivity index (χ4v) is 1.61. The number of hydrogen-bond donors (Lipinski definition) is 2. The zero-order chi connectivity index (χ0) is 13.4. The summed E-state index contributed by atoms with van der Waals surface area (Å²) in [6.45, 7) is 4.33. The molecule has 0 bridgehead atoms. The van der Waals surface area contributed by atoms with Gasteiger partial charge in [-0.05, 0) is 13.0 Å². The highest BCUT2D eigenvalue weighted by Gasteiger charge is 2.13. The van der Waals surface area contributed by atoms with E-state index in [4.69, 9.17) is 4.74 Å². The molecule has 18 heavy (non-hydrogen) atoms. The molecule has 0 amide bonds. The fourth-order valence-electron chi connectivity index (χ4n) is 1.61. The second-order valence-electron chi connectivity index (χ2n) is 4.30. The number of anilines is 1. The van der Waals surface area contributed by atoms with Gasteiger partial charge in [0.15, 0.2) is 0 Å². The van der Waals surface area contributed by atoms with Crippen LogP contribution in [0.3, 0.4) is 0 Å². The normalized spacial score (nSPS) is 12.4. The number of ether oxygens (including phenoxy) is 1. The largest absolute Gasteiger partial charge is 0.394 e. The lowest BCUT2D eigenvalue weighted by Crippen LogP contribution is -2.33. The Morgan fingerprint density at radius 3 is 3.00 bits per heavy atom. The molecule has 0 aliphatic heterocycles. The maximum absolute atomic E-state index is 9.20. The Balaban J connectivity index is 2.67. The van der Waals surface area contributed by atoms with Gasteiger partial charge in [0.25, 0.3) is 0 Å². The molecule has 2 N–H and O–H groups in total. The van der Waals surface area contributed by atoms with Gasteiger partial charge in [0, 0.05) is 39.0 Å². The molecule has 0 saturated carbocycles. The Kier molecular flexibility index (Phi) is 6.64. The van der Waals surface area contributed by atoms with E-state index in [2.05, 4.69) is 10.3 Å². The Labute approximate surface area is 109 Å². The van der Waals surface area contributed by atoms with Crippen molar-refractivity contribution in [2.75, 3.05) is 38.8 Å². The molecule has 1 aromatic heterocycles. The van der Waals surface area contributed by atoms with E-state index < -0.39 is 0 Å². The lowest BCUT2D eigenvalue weighted by atomic mass is 10.2. The maximum Gasteiger partial charge on any atom is 0.133 e. The van der Waals surface area contributed by atoms with E-state index in [1.165, 1.54) is 0 Å². The van der Waals surface area contributed by atoms with Crippen LogP contribution in [0.15, 0.2) is 18.3 Å². The first-order chi connectivity index (χ1) is 8.70. The molecule has 0 spiro atoms. The quantitative estimate of drug-likeness (QED) is 0.666. The first-order valence-electron chi connectivity index (χ1n) is 6.18. The number of methoxy groups -OCH3 is 1. The van der Waals surface area contributed by atoms with Crippen LogP contribution in [0.5, 0.6) is 0 Å². The van der Waals surface area contributed by atoms with Gasteiger partial charge in [-0.15, -0.1) is 0 Å². The predicted octanol–water partition coefficient (Wildman–Crippen LogP) is 0.635. The van der Waals surface area contributed by atoms with Gasteiger partial charge in [-0.1, -0.05) is 6.07 Å². The van der Waals surface area contributed by atoms with Crippen LogP contribution in [-0.2, 0) is 11.3 Å². The summed E-state index contributed by atoms with van der Waals surface area (Å²) in [7, 11) is 3.63. The number of pyridine rings is 1. The topological polar surface area (TPSA) is 57.6 Å². The number of nitrogens with zero attached hydrogens (tertiary/aromatic N) is 2. The van der Waals surface area contributed by atoms with E-state index in [9.17, 15) is 5.11 Å². The molecule has 5 heteroatoms. The highest BCUT2D eigenvalue weighted by atomic mass is 16.5. The first-order valence-corrected chi connectivity index (χ1v) is 6.18. The molecule has 1 atom stereocenters.